The lowest BCUT2D eigenvalue weighted by Gasteiger charge is -2.12. The van der Waals surface area contributed by atoms with Crippen LogP contribution >= 0.6 is 0 Å². The summed E-state index contributed by atoms with van der Waals surface area (Å²) in [6, 6.07) is 12.7. The number of nitrogens with zero attached hydrogens (tertiary/aromatic N) is 3. The fourth-order valence-electron chi connectivity index (χ4n) is 3.28. The lowest BCUT2D eigenvalue weighted by atomic mass is 10.1. The highest BCUT2D eigenvalue weighted by atomic mass is 16.5. The molecule has 2 N–H and O–H groups in total. The van der Waals surface area contributed by atoms with Crippen LogP contribution in [0, 0.1) is 6.92 Å². The van der Waals surface area contributed by atoms with Crippen molar-refractivity contribution in [3.05, 3.63) is 70.0 Å². The molecule has 0 fully saturated rings. The van der Waals surface area contributed by atoms with Crippen LogP contribution < -0.4 is 10.9 Å². The number of anilines is 1. The smallest absolute Gasteiger partial charge is 0.260 e. The fourth-order valence-corrected chi connectivity index (χ4v) is 3.28. The topological polar surface area (TPSA) is 114 Å². The summed E-state index contributed by atoms with van der Waals surface area (Å²) in [6.07, 6.45) is 0.474. The van der Waals surface area contributed by atoms with E-state index < -0.39 is 0 Å². The van der Waals surface area contributed by atoms with E-state index in [0.717, 1.165) is 5.56 Å². The summed E-state index contributed by atoms with van der Waals surface area (Å²) in [4.78, 5) is 36.5. The Kier molecular flexibility index (Phi) is 5.62. The first-order valence-electron chi connectivity index (χ1n) is 10.1. The number of aromatic nitrogens is 4. The molecule has 0 saturated heterocycles. The maximum atomic E-state index is 12.7. The minimum Gasteiger partial charge on any atom is -0.334 e. The minimum atomic E-state index is -0.209. The summed E-state index contributed by atoms with van der Waals surface area (Å²) in [5.74, 6) is 1.39. The lowest BCUT2D eigenvalue weighted by Crippen LogP contribution is -2.17. The number of aryl methyl sites for hydroxylation is 2. The van der Waals surface area contributed by atoms with Crippen molar-refractivity contribution in [3.63, 3.8) is 0 Å². The highest BCUT2D eigenvalue weighted by Gasteiger charge is 2.18. The van der Waals surface area contributed by atoms with Crippen LogP contribution in [-0.2, 0) is 11.2 Å². The number of rotatable bonds is 6. The van der Waals surface area contributed by atoms with Gasteiger partial charge in [0.1, 0.15) is 5.82 Å². The maximum Gasteiger partial charge on any atom is 0.260 e. The average Bonchev–Trinajstić information content (AvgIpc) is 3.24. The van der Waals surface area contributed by atoms with Crippen molar-refractivity contribution in [1.82, 2.24) is 20.1 Å². The van der Waals surface area contributed by atoms with Crippen LogP contribution in [0.3, 0.4) is 0 Å². The molecule has 4 aromatic rings. The van der Waals surface area contributed by atoms with Crippen LogP contribution in [-0.4, -0.2) is 26.0 Å². The molecule has 31 heavy (non-hydrogen) atoms. The standard InChI is InChI=1S/C23H23N5O3/c1-13(2)21-27-23(31-28-21)16-9-6-7-14(3)20(16)26-19(29)12-11-18-24-17-10-5-4-8-15(17)22(30)25-18/h4-10,13H,11-12H2,1-3H3,(H,26,29)(H,24,25,30). The van der Waals surface area contributed by atoms with E-state index in [1.54, 1.807) is 18.2 Å². The molecule has 0 spiro atoms. The summed E-state index contributed by atoms with van der Waals surface area (Å²) in [5, 5.41) is 7.49. The van der Waals surface area contributed by atoms with Crippen LogP contribution in [0.2, 0.25) is 0 Å². The van der Waals surface area contributed by atoms with E-state index in [1.807, 2.05) is 45.0 Å². The molecule has 0 bridgehead atoms. The zero-order valence-electron chi connectivity index (χ0n) is 17.6. The van der Waals surface area contributed by atoms with Crippen molar-refractivity contribution >= 4 is 22.5 Å². The molecule has 2 aromatic carbocycles. The SMILES string of the molecule is Cc1cccc(-c2nc(C(C)C)no2)c1NC(=O)CCc1nc2ccccc2c(=O)[nH]1. The average molecular weight is 417 g/mol. The molecule has 1 amide bonds. The summed E-state index contributed by atoms with van der Waals surface area (Å²) in [6.45, 7) is 5.87. The summed E-state index contributed by atoms with van der Waals surface area (Å²) in [5.41, 5.74) is 2.59. The van der Waals surface area contributed by atoms with Crippen molar-refractivity contribution in [2.45, 2.75) is 39.5 Å². The number of hydrogen-bond acceptors (Lipinski definition) is 6. The molecule has 0 aliphatic rings. The van der Waals surface area contributed by atoms with Gasteiger partial charge in [-0.2, -0.15) is 4.98 Å². The zero-order chi connectivity index (χ0) is 22.0. The number of benzene rings is 2. The Morgan fingerprint density at radius 3 is 2.71 bits per heavy atom. The second kappa shape index (κ2) is 8.51. The largest absolute Gasteiger partial charge is 0.334 e. The number of amides is 1. The second-order valence-corrected chi connectivity index (χ2v) is 7.69. The van der Waals surface area contributed by atoms with Crippen molar-refractivity contribution in [1.29, 1.82) is 0 Å². The Hall–Kier alpha value is -3.81. The Morgan fingerprint density at radius 2 is 1.94 bits per heavy atom. The molecule has 8 heteroatoms. The van der Waals surface area contributed by atoms with E-state index in [4.69, 9.17) is 4.52 Å². The number of nitrogens with one attached hydrogen (secondary N) is 2. The number of aromatic amines is 1. The molecule has 8 nitrogen and oxygen atoms in total. The van der Waals surface area contributed by atoms with Gasteiger partial charge in [-0.3, -0.25) is 9.59 Å². The van der Waals surface area contributed by atoms with Crippen LogP contribution in [0.5, 0.6) is 0 Å². The van der Waals surface area contributed by atoms with Gasteiger partial charge in [0, 0.05) is 18.8 Å². The van der Waals surface area contributed by atoms with Crippen LogP contribution in [0.4, 0.5) is 5.69 Å². The second-order valence-electron chi connectivity index (χ2n) is 7.69. The highest BCUT2D eigenvalue weighted by Crippen LogP contribution is 2.30. The number of hydrogen-bond donors (Lipinski definition) is 2. The Bertz CT molecular complexity index is 1310. The van der Waals surface area contributed by atoms with Crippen LogP contribution in [0.25, 0.3) is 22.4 Å². The number of carbonyl (C=O) groups excluding carboxylic acids is 1. The highest BCUT2D eigenvalue weighted by molar-refractivity contribution is 5.95. The molecular formula is C23H23N5O3. The van der Waals surface area contributed by atoms with Crippen molar-refractivity contribution in [2.24, 2.45) is 0 Å². The Balaban J connectivity index is 1.52. The van der Waals surface area contributed by atoms with Gasteiger partial charge in [-0.25, -0.2) is 4.98 Å². The van der Waals surface area contributed by atoms with E-state index in [9.17, 15) is 9.59 Å². The molecule has 0 aliphatic heterocycles. The Labute approximate surface area is 178 Å². The predicted molar refractivity (Wildman–Crippen MR) is 118 cm³/mol. The van der Waals surface area contributed by atoms with Crippen molar-refractivity contribution < 1.29 is 9.32 Å². The van der Waals surface area contributed by atoms with E-state index in [0.29, 0.717) is 46.1 Å². The van der Waals surface area contributed by atoms with Gasteiger partial charge in [0.15, 0.2) is 5.82 Å². The van der Waals surface area contributed by atoms with Gasteiger partial charge in [-0.15, -0.1) is 0 Å². The number of para-hydroxylation sites is 2. The van der Waals surface area contributed by atoms with Gasteiger partial charge in [0.25, 0.3) is 11.4 Å². The first-order chi connectivity index (χ1) is 14.9. The third-order valence-corrected chi connectivity index (χ3v) is 4.98. The van der Waals surface area contributed by atoms with Gasteiger partial charge in [-0.1, -0.05) is 43.3 Å². The summed E-state index contributed by atoms with van der Waals surface area (Å²) in [7, 11) is 0. The van der Waals surface area contributed by atoms with E-state index in [1.165, 1.54) is 0 Å². The molecule has 4 rings (SSSR count). The van der Waals surface area contributed by atoms with Gasteiger partial charge in [0.05, 0.1) is 22.2 Å². The molecule has 0 atom stereocenters. The van der Waals surface area contributed by atoms with E-state index in [-0.39, 0.29) is 23.8 Å². The molecule has 0 aliphatic carbocycles. The van der Waals surface area contributed by atoms with Crippen LogP contribution in [0.15, 0.2) is 51.8 Å². The van der Waals surface area contributed by atoms with E-state index in [2.05, 4.69) is 25.4 Å². The molecule has 158 valence electrons. The fraction of sp³-hybridized carbons (Fsp3) is 0.261. The van der Waals surface area contributed by atoms with Crippen molar-refractivity contribution in [2.75, 3.05) is 5.32 Å². The molecule has 0 saturated carbocycles. The molecule has 2 heterocycles. The van der Waals surface area contributed by atoms with Gasteiger partial charge < -0.3 is 14.8 Å². The predicted octanol–water partition coefficient (Wildman–Crippen LogP) is 3.98. The molecule has 0 unspecified atom stereocenters. The molecular weight excluding hydrogens is 394 g/mol. The monoisotopic (exact) mass is 417 g/mol. The zero-order valence-corrected chi connectivity index (χ0v) is 17.6. The quantitative estimate of drug-likeness (QED) is 0.491. The minimum absolute atomic E-state index is 0.136. The summed E-state index contributed by atoms with van der Waals surface area (Å²) < 4.78 is 5.41. The number of carbonyl (C=O) groups is 1. The van der Waals surface area contributed by atoms with Gasteiger partial charge >= 0.3 is 0 Å². The Morgan fingerprint density at radius 1 is 1.13 bits per heavy atom. The van der Waals surface area contributed by atoms with Crippen molar-refractivity contribution in [3.8, 4) is 11.5 Å². The van der Waals surface area contributed by atoms with E-state index >= 15 is 0 Å². The molecule has 2 aromatic heterocycles. The normalized spacial score (nSPS) is 11.2. The van der Waals surface area contributed by atoms with Gasteiger partial charge in [-0.05, 0) is 30.7 Å². The molecule has 0 radical (unpaired) electrons. The lowest BCUT2D eigenvalue weighted by molar-refractivity contribution is -0.116. The third-order valence-electron chi connectivity index (χ3n) is 4.98. The summed E-state index contributed by atoms with van der Waals surface area (Å²) >= 11 is 0. The maximum absolute atomic E-state index is 12.7. The van der Waals surface area contributed by atoms with Gasteiger partial charge in [0.2, 0.25) is 5.91 Å². The first-order valence-corrected chi connectivity index (χ1v) is 10.1. The van der Waals surface area contributed by atoms with Crippen LogP contribution in [0.1, 0.15) is 43.4 Å². The third kappa shape index (κ3) is 4.37. The first kappa shape index (κ1) is 20.5. The number of H-pyrrole nitrogens is 1. The number of fused-ring (bicyclic) bond motifs is 1.